The molecule has 7 nitrogen and oxygen atoms in total. The van der Waals surface area contributed by atoms with Crippen molar-refractivity contribution < 1.29 is 33.3 Å². The summed E-state index contributed by atoms with van der Waals surface area (Å²) in [5.41, 5.74) is 1.08. The van der Waals surface area contributed by atoms with Crippen molar-refractivity contribution >= 4 is 11.6 Å². The smallest absolute Gasteiger partial charge is 0.162 e. The van der Waals surface area contributed by atoms with Crippen LogP contribution in [0.25, 0.3) is 0 Å². The van der Waals surface area contributed by atoms with Crippen LogP contribution in [0.2, 0.25) is 0 Å². The zero-order chi connectivity index (χ0) is 20.6. The molecule has 3 rings (SSSR count). The first-order chi connectivity index (χ1) is 14.0. The van der Waals surface area contributed by atoms with Crippen LogP contribution < -0.4 is 18.9 Å². The summed E-state index contributed by atoms with van der Waals surface area (Å²) in [5.74, 6) is 1.89. The predicted octanol–water partition coefficient (Wildman–Crippen LogP) is 3.34. The van der Waals surface area contributed by atoms with Gasteiger partial charge >= 0.3 is 0 Å². The SMILES string of the molecule is CC(=O)c1ccc2c(c1)OCCOCCOc1ccc(C(C)=O)cc1OCCO2. The maximum absolute atomic E-state index is 11.7. The molecule has 1 heterocycles. The molecule has 154 valence electrons. The lowest BCUT2D eigenvalue weighted by Gasteiger charge is -2.15. The molecule has 1 aliphatic heterocycles. The summed E-state index contributed by atoms with van der Waals surface area (Å²) in [7, 11) is 0. The fraction of sp³-hybridized carbons (Fsp3) is 0.364. The molecule has 0 saturated heterocycles. The van der Waals surface area contributed by atoms with E-state index in [1.807, 2.05) is 0 Å². The lowest BCUT2D eigenvalue weighted by molar-refractivity contribution is 0.0753. The van der Waals surface area contributed by atoms with Crippen LogP contribution in [-0.4, -0.2) is 51.2 Å². The maximum atomic E-state index is 11.7. The molecule has 0 aromatic heterocycles. The van der Waals surface area contributed by atoms with Crippen molar-refractivity contribution in [3.8, 4) is 23.0 Å². The van der Waals surface area contributed by atoms with Gasteiger partial charge in [0.1, 0.15) is 26.4 Å². The number of carbonyl (C=O) groups is 2. The number of ether oxygens (including phenoxy) is 5. The Hall–Kier alpha value is -3.06. The molecule has 0 radical (unpaired) electrons. The van der Waals surface area contributed by atoms with Crippen LogP contribution >= 0.6 is 0 Å². The van der Waals surface area contributed by atoms with Gasteiger partial charge in [0.05, 0.1) is 13.2 Å². The van der Waals surface area contributed by atoms with Crippen LogP contribution in [0.4, 0.5) is 0 Å². The molecule has 1 aliphatic rings. The minimum Gasteiger partial charge on any atom is -0.487 e. The highest BCUT2D eigenvalue weighted by atomic mass is 16.6. The van der Waals surface area contributed by atoms with Gasteiger partial charge in [-0.2, -0.15) is 0 Å². The molecule has 2 aromatic rings. The van der Waals surface area contributed by atoms with Crippen molar-refractivity contribution in [2.45, 2.75) is 13.8 Å². The normalized spacial score (nSPS) is 15.0. The Labute approximate surface area is 169 Å². The van der Waals surface area contributed by atoms with Crippen LogP contribution in [0, 0.1) is 0 Å². The van der Waals surface area contributed by atoms with Crippen molar-refractivity contribution in [2.75, 3.05) is 39.6 Å². The Morgan fingerprint density at radius 3 is 1.38 bits per heavy atom. The minimum absolute atomic E-state index is 0.0538. The largest absolute Gasteiger partial charge is 0.487 e. The van der Waals surface area contributed by atoms with Crippen molar-refractivity contribution in [3.05, 3.63) is 47.5 Å². The van der Waals surface area contributed by atoms with Gasteiger partial charge in [0.25, 0.3) is 0 Å². The standard InChI is InChI=1S/C22H24O7/c1-15(23)17-4-6-20-21(13-17)28-10-8-25-7-9-26-19-5-3-18(16(2)24)14-22(19)29-12-11-27-20/h3-6,13-14H,7-12H2,1-2H3. The first-order valence-electron chi connectivity index (χ1n) is 9.43. The molecule has 0 fully saturated rings. The third-order valence-electron chi connectivity index (χ3n) is 4.27. The quantitative estimate of drug-likeness (QED) is 0.715. The van der Waals surface area contributed by atoms with Crippen molar-refractivity contribution in [3.63, 3.8) is 0 Å². The molecule has 0 unspecified atom stereocenters. The second kappa shape index (κ2) is 9.93. The second-order valence-electron chi connectivity index (χ2n) is 6.44. The molecular weight excluding hydrogens is 376 g/mol. The number of carbonyl (C=O) groups excluding carboxylic acids is 2. The van der Waals surface area contributed by atoms with Crippen LogP contribution in [0.1, 0.15) is 34.6 Å². The van der Waals surface area contributed by atoms with E-state index in [0.717, 1.165) is 0 Å². The van der Waals surface area contributed by atoms with Crippen molar-refractivity contribution in [2.24, 2.45) is 0 Å². The van der Waals surface area contributed by atoms with E-state index in [1.165, 1.54) is 13.8 Å². The molecule has 0 N–H and O–H groups in total. The van der Waals surface area contributed by atoms with E-state index in [4.69, 9.17) is 23.7 Å². The predicted molar refractivity (Wildman–Crippen MR) is 106 cm³/mol. The molecule has 0 saturated carbocycles. The minimum atomic E-state index is -0.0563. The van der Waals surface area contributed by atoms with Gasteiger partial charge in [-0.3, -0.25) is 9.59 Å². The van der Waals surface area contributed by atoms with Gasteiger partial charge in [-0.25, -0.2) is 0 Å². The number of rotatable bonds is 2. The number of hydrogen-bond donors (Lipinski definition) is 0. The van der Waals surface area contributed by atoms with Crippen LogP contribution in [-0.2, 0) is 4.74 Å². The summed E-state index contributed by atoms with van der Waals surface area (Å²) >= 11 is 0. The molecule has 2 aromatic carbocycles. The van der Waals surface area contributed by atoms with E-state index in [9.17, 15) is 9.59 Å². The van der Waals surface area contributed by atoms with E-state index in [0.29, 0.717) is 60.6 Å². The number of ketones is 2. The third kappa shape index (κ3) is 5.71. The monoisotopic (exact) mass is 400 g/mol. The molecular formula is C22H24O7. The summed E-state index contributed by atoms with van der Waals surface area (Å²) in [5, 5.41) is 0. The Balaban J connectivity index is 1.77. The molecule has 0 bridgehead atoms. The molecule has 0 spiro atoms. The van der Waals surface area contributed by atoms with E-state index < -0.39 is 0 Å². The van der Waals surface area contributed by atoms with Crippen LogP contribution in [0.15, 0.2) is 36.4 Å². The Bertz CT molecular complexity index is 875. The number of fused-ring (bicyclic) bond motifs is 2. The average molecular weight is 400 g/mol. The summed E-state index contributed by atoms with van der Waals surface area (Å²) in [4.78, 5) is 23.3. The van der Waals surface area contributed by atoms with Gasteiger partial charge in [0.15, 0.2) is 34.6 Å². The van der Waals surface area contributed by atoms with Crippen LogP contribution in [0.3, 0.4) is 0 Å². The zero-order valence-corrected chi connectivity index (χ0v) is 16.6. The van der Waals surface area contributed by atoms with Gasteiger partial charge < -0.3 is 23.7 Å². The van der Waals surface area contributed by atoms with Gasteiger partial charge in [0.2, 0.25) is 0 Å². The Morgan fingerprint density at radius 2 is 0.966 bits per heavy atom. The first-order valence-corrected chi connectivity index (χ1v) is 9.43. The van der Waals surface area contributed by atoms with Gasteiger partial charge in [-0.05, 0) is 50.2 Å². The lowest BCUT2D eigenvalue weighted by Crippen LogP contribution is -2.12. The van der Waals surface area contributed by atoms with Crippen LogP contribution in [0.5, 0.6) is 23.0 Å². The van der Waals surface area contributed by atoms with E-state index in [-0.39, 0.29) is 24.8 Å². The molecule has 29 heavy (non-hydrogen) atoms. The lowest BCUT2D eigenvalue weighted by atomic mass is 10.1. The Kier molecular flexibility index (Phi) is 7.08. The summed E-state index contributed by atoms with van der Waals surface area (Å²) < 4.78 is 28.6. The molecule has 0 amide bonds. The third-order valence-corrected chi connectivity index (χ3v) is 4.27. The van der Waals surface area contributed by atoms with E-state index in [1.54, 1.807) is 36.4 Å². The van der Waals surface area contributed by atoms with E-state index >= 15 is 0 Å². The highest BCUT2D eigenvalue weighted by Crippen LogP contribution is 2.30. The molecule has 0 aliphatic carbocycles. The fourth-order valence-corrected chi connectivity index (χ4v) is 2.74. The van der Waals surface area contributed by atoms with Gasteiger partial charge in [-0.1, -0.05) is 0 Å². The molecule has 0 atom stereocenters. The molecule has 7 heteroatoms. The fourth-order valence-electron chi connectivity index (χ4n) is 2.74. The van der Waals surface area contributed by atoms with Gasteiger partial charge in [-0.15, -0.1) is 0 Å². The second-order valence-corrected chi connectivity index (χ2v) is 6.44. The first kappa shape index (κ1) is 20.7. The van der Waals surface area contributed by atoms with Gasteiger partial charge in [0, 0.05) is 11.1 Å². The summed E-state index contributed by atoms with van der Waals surface area (Å²) in [6.07, 6.45) is 0. The topological polar surface area (TPSA) is 80.3 Å². The van der Waals surface area contributed by atoms with Crippen molar-refractivity contribution in [1.82, 2.24) is 0 Å². The highest BCUT2D eigenvalue weighted by Gasteiger charge is 2.12. The number of Topliss-reactive ketones (excluding diaryl/α,β-unsaturated/α-hetero) is 2. The zero-order valence-electron chi connectivity index (χ0n) is 16.6. The number of hydrogen-bond acceptors (Lipinski definition) is 7. The Morgan fingerprint density at radius 1 is 0.586 bits per heavy atom. The summed E-state index contributed by atoms with van der Waals surface area (Å²) in [6.45, 7) is 4.85. The highest BCUT2D eigenvalue weighted by molar-refractivity contribution is 5.95. The van der Waals surface area contributed by atoms with Crippen molar-refractivity contribution in [1.29, 1.82) is 0 Å². The summed E-state index contributed by atoms with van der Waals surface area (Å²) in [6, 6.07) is 10.1. The maximum Gasteiger partial charge on any atom is 0.162 e. The van der Waals surface area contributed by atoms with E-state index in [2.05, 4.69) is 0 Å². The number of benzene rings is 2. The average Bonchev–Trinajstić information content (AvgIpc) is 2.71.